The topological polar surface area (TPSA) is 114 Å². The summed E-state index contributed by atoms with van der Waals surface area (Å²) in [6, 6.07) is 9.04. The Hall–Kier alpha value is -3.64. The summed E-state index contributed by atoms with van der Waals surface area (Å²) in [5.74, 6) is -0.554. The maximum atomic E-state index is 14.8. The second kappa shape index (κ2) is 17.0. The lowest BCUT2D eigenvalue weighted by atomic mass is 9.80. The minimum Gasteiger partial charge on any atom is -0.485 e. The Balaban J connectivity index is 1.22. The maximum absolute atomic E-state index is 14.8. The Bertz CT molecular complexity index is 1830. The third-order valence-electron chi connectivity index (χ3n) is 9.97. The molecule has 2 saturated heterocycles. The number of carbonyl (C=O) groups excluding carboxylic acids is 3. The number of rotatable bonds is 11. The van der Waals surface area contributed by atoms with Crippen LogP contribution in [0.3, 0.4) is 0 Å². The predicted molar refractivity (Wildman–Crippen MR) is 209 cm³/mol. The predicted octanol–water partition coefficient (Wildman–Crippen LogP) is 8.15. The Morgan fingerprint density at radius 3 is 2.31 bits per heavy atom. The molecule has 6 rings (SSSR count). The van der Waals surface area contributed by atoms with Crippen molar-refractivity contribution in [2.24, 2.45) is 5.92 Å². The van der Waals surface area contributed by atoms with Gasteiger partial charge in [0.1, 0.15) is 17.5 Å². The fourth-order valence-corrected chi connectivity index (χ4v) is 8.03. The summed E-state index contributed by atoms with van der Waals surface area (Å²) < 4.78 is 17.1. The second-order valence-electron chi connectivity index (χ2n) is 15.4. The molecule has 0 bridgehead atoms. The Morgan fingerprint density at radius 1 is 0.926 bits per heavy atom. The largest absolute Gasteiger partial charge is 0.485 e. The molecular weight excluding hydrogens is 753 g/mol. The number of halogens is 3. The summed E-state index contributed by atoms with van der Waals surface area (Å²) >= 11 is 19.4. The van der Waals surface area contributed by atoms with Gasteiger partial charge in [-0.25, -0.2) is 9.78 Å². The molecule has 3 atom stereocenters. The number of benzene rings is 1. The Labute approximate surface area is 332 Å². The molecule has 3 fully saturated rings. The Kier molecular flexibility index (Phi) is 12.6. The number of imide groups is 1. The molecule has 3 aliphatic rings. The van der Waals surface area contributed by atoms with Crippen molar-refractivity contribution in [1.29, 1.82) is 0 Å². The lowest BCUT2D eigenvalue weighted by molar-refractivity contribution is -0.135. The molecule has 0 spiro atoms. The van der Waals surface area contributed by atoms with Gasteiger partial charge < -0.3 is 24.0 Å². The first-order valence-corrected chi connectivity index (χ1v) is 19.7. The number of hydrogen-bond acceptors (Lipinski definition) is 9. The van der Waals surface area contributed by atoms with E-state index in [1.165, 1.54) is 11.1 Å². The van der Waals surface area contributed by atoms with Crippen LogP contribution in [-0.4, -0.2) is 95.3 Å². The van der Waals surface area contributed by atoms with Crippen LogP contribution in [0.15, 0.2) is 42.7 Å². The normalized spacial score (nSPS) is 20.2. The number of ether oxygens (including phenoxy) is 3. The van der Waals surface area contributed by atoms with Crippen LogP contribution in [0, 0.1) is 12.8 Å². The molecule has 2 aliphatic heterocycles. The van der Waals surface area contributed by atoms with Crippen LogP contribution in [-0.2, 0) is 20.7 Å². The van der Waals surface area contributed by atoms with Gasteiger partial charge in [0.2, 0.25) is 5.91 Å². The molecule has 3 aromatic rings. The number of anilines is 1. The summed E-state index contributed by atoms with van der Waals surface area (Å²) in [7, 11) is 1.63. The maximum Gasteiger partial charge on any atom is 0.410 e. The van der Waals surface area contributed by atoms with Crippen molar-refractivity contribution in [3.63, 3.8) is 0 Å². The number of carbonyl (C=O) groups is 3. The van der Waals surface area contributed by atoms with Gasteiger partial charge in [0, 0.05) is 69.8 Å². The van der Waals surface area contributed by atoms with E-state index in [0.29, 0.717) is 66.9 Å². The van der Waals surface area contributed by atoms with Crippen molar-refractivity contribution >= 4 is 58.5 Å². The third kappa shape index (κ3) is 9.59. The highest BCUT2D eigenvalue weighted by Crippen LogP contribution is 2.40. The molecule has 1 aromatic carbocycles. The van der Waals surface area contributed by atoms with Gasteiger partial charge in [-0.1, -0.05) is 40.9 Å². The van der Waals surface area contributed by atoms with E-state index in [-0.39, 0.29) is 41.1 Å². The smallest absolute Gasteiger partial charge is 0.410 e. The number of amides is 3. The van der Waals surface area contributed by atoms with Gasteiger partial charge in [-0.2, -0.15) is 0 Å². The number of pyridine rings is 2. The van der Waals surface area contributed by atoms with E-state index >= 15 is 0 Å². The molecule has 3 amide bonds. The number of hydrogen-bond donors (Lipinski definition) is 0. The van der Waals surface area contributed by atoms with Crippen LogP contribution in [0.5, 0.6) is 5.75 Å². The van der Waals surface area contributed by atoms with Crippen molar-refractivity contribution in [3.05, 3.63) is 80.2 Å². The molecule has 2 aromatic heterocycles. The molecule has 11 nitrogen and oxygen atoms in total. The van der Waals surface area contributed by atoms with E-state index < -0.39 is 23.5 Å². The third-order valence-corrected chi connectivity index (χ3v) is 10.8. The number of nitrogens with zero attached hydrogens (tertiary/aromatic N) is 5. The van der Waals surface area contributed by atoms with E-state index in [2.05, 4.69) is 9.88 Å². The van der Waals surface area contributed by atoms with Gasteiger partial charge >= 0.3 is 6.09 Å². The van der Waals surface area contributed by atoms with Crippen molar-refractivity contribution in [2.75, 3.05) is 44.8 Å². The summed E-state index contributed by atoms with van der Waals surface area (Å²) in [5.41, 5.74) is 2.04. The van der Waals surface area contributed by atoms with Crippen molar-refractivity contribution in [2.45, 2.75) is 89.9 Å². The monoisotopic (exact) mass is 799 g/mol. The molecule has 0 radical (unpaired) electrons. The molecule has 54 heavy (non-hydrogen) atoms. The second-order valence-corrected chi connectivity index (χ2v) is 16.6. The molecular formula is C40H48Cl3N5O6. The summed E-state index contributed by atoms with van der Waals surface area (Å²) in [4.78, 5) is 56.7. The molecule has 14 heteroatoms. The number of aromatic nitrogens is 2. The lowest BCUT2D eigenvalue weighted by Crippen LogP contribution is -2.52. The van der Waals surface area contributed by atoms with Crippen LogP contribution >= 0.6 is 34.8 Å². The molecule has 1 saturated carbocycles. The summed E-state index contributed by atoms with van der Waals surface area (Å²) in [5, 5.41) is 1.15. The molecule has 290 valence electrons. The van der Waals surface area contributed by atoms with Crippen LogP contribution in [0.4, 0.5) is 10.6 Å². The van der Waals surface area contributed by atoms with Gasteiger partial charge in [-0.3, -0.25) is 19.5 Å². The van der Waals surface area contributed by atoms with E-state index in [0.717, 1.165) is 36.3 Å². The highest BCUT2D eigenvalue weighted by atomic mass is 35.5. The van der Waals surface area contributed by atoms with Crippen LogP contribution in [0.1, 0.15) is 86.0 Å². The van der Waals surface area contributed by atoms with Crippen LogP contribution < -0.4 is 9.64 Å². The molecule has 0 N–H and O–H groups in total. The molecule has 4 heterocycles. The quantitative estimate of drug-likeness (QED) is 0.140. The first kappa shape index (κ1) is 40.0. The zero-order valence-corrected chi connectivity index (χ0v) is 33.7. The SMILES string of the molecule is COCCCc1cc(C(=O)N(C(=O)[C@@H]2CN(C(=O)OC(C)(C)C)CC[C@H]2c2ccc(N3CC[C@@H](Oc4c(Cl)cc(C)cc4Cl)C3)nc2)C2CC2)c(Cl)cn1. The van der Waals surface area contributed by atoms with Crippen molar-refractivity contribution in [1.82, 2.24) is 19.8 Å². The number of piperidine rings is 1. The highest BCUT2D eigenvalue weighted by Gasteiger charge is 2.46. The first-order valence-electron chi connectivity index (χ1n) is 18.5. The average molecular weight is 801 g/mol. The Morgan fingerprint density at radius 2 is 1.67 bits per heavy atom. The highest BCUT2D eigenvalue weighted by molar-refractivity contribution is 6.37. The number of methoxy groups -OCH3 is 1. The minimum atomic E-state index is -0.723. The van der Waals surface area contributed by atoms with E-state index in [1.807, 2.05) is 52.0 Å². The van der Waals surface area contributed by atoms with E-state index in [9.17, 15) is 14.4 Å². The van der Waals surface area contributed by atoms with Crippen LogP contribution in [0.2, 0.25) is 15.1 Å². The van der Waals surface area contributed by atoms with Gasteiger partial charge in [-0.15, -0.1) is 0 Å². The zero-order valence-electron chi connectivity index (χ0n) is 31.4. The summed E-state index contributed by atoms with van der Waals surface area (Å²) in [6.45, 7) is 9.73. The number of likely N-dealkylation sites (tertiary alicyclic amines) is 1. The fourth-order valence-electron chi connectivity index (χ4n) is 7.16. The van der Waals surface area contributed by atoms with Gasteiger partial charge in [-0.05, 0) is 95.2 Å². The molecule has 0 unspecified atom stereocenters. The van der Waals surface area contributed by atoms with Gasteiger partial charge in [0.15, 0.2) is 5.75 Å². The van der Waals surface area contributed by atoms with Crippen LogP contribution in [0.25, 0.3) is 0 Å². The molecule has 1 aliphatic carbocycles. The van der Waals surface area contributed by atoms with E-state index in [4.69, 9.17) is 54.0 Å². The summed E-state index contributed by atoms with van der Waals surface area (Å²) in [6.07, 6.45) is 6.64. The lowest BCUT2D eigenvalue weighted by Gasteiger charge is -2.40. The first-order chi connectivity index (χ1) is 25.7. The van der Waals surface area contributed by atoms with Crippen molar-refractivity contribution in [3.8, 4) is 5.75 Å². The fraction of sp³-hybridized carbons (Fsp3) is 0.525. The minimum absolute atomic E-state index is 0.0955. The standard InChI is InChI=1S/C40H48Cl3N5O6/c1-24-17-32(41)36(33(42)18-24)53-28-12-14-46(22-28)35-11-8-25(20-45-35)29-13-15-47(39(51)54-40(2,3)4)23-31(29)38(50)48(27-9-10-27)37(49)30-19-26(7-6-16-52-5)44-21-34(30)43/h8,11,17-21,27-29,31H,6-7,9-10,12-16,22-23H2,1-5H3/t28-,29+,31-/m1/s1. The average Bonchev–Trinajstić information content (AvgIpc) is 3.85. The van der Waals surface area contributed by atoms with Gasteiger partial charge in [0.05, 0.1) is 33.1 Å². The van der Waals surface area contributed by atoms with Gasteiger partial charge in [0.25, 0.3) is 5.91 Å². The number of aryl methyl sites for hydroxylation is 2. The zero-order chi connectivity index (χ0) is 38.7. The van der Waals surface area contributed by atoms with E-state index in [1.54, 1.807) is 24.3 Å². The van der Waals surface area contributed by atoms with Crippen molar-refractivity contribution < 1.29 is 28.6 Å².